The summed E-state index contributed by atoms with van der Waals surface area (Å²) in [6.45, 7) is 0.545. The number of aliphatic hydroxyl groups excluding tert-OH is 1. The minimum absolute atomic E-state index is 0. The summed E-state index contributed by atoms with van der Waals surface area (Å²) in [6.07, 6.45) is 4.15. The Labute approximate surface area is 251 Å². The number of carbonyl (C=O) groups is 1. The Bertz CT molecular complexity index is 1650. The molecule has 3 N–H and O–H groups in total. The summed E-state index contributed by atoms with van der Waals surface area (Å²) >= 11 is 0. The van der Waals surface area contributed by atoms with Crippen LogP contribution < -0.4 is 20.1 Å². The zero-order valence-corrected chi connectivity index (χ0v) is 25.1. The number of carbonyl (C=O) groups excluding carboxylic acids is 1. The monoisotopic (exact) mass is 614 g/mol. The average Bonchev–Trinajstić information content (AvgIpc) is 3.36. The molecule has 0 aliphatic carbocycles. The molecule has 1 aliphatic heterocycles. The highest BCUT2D eigenvalue weighted by Crippen LogP contribution is 2.35. The number of likely N-dealkylation sites (N-methyl/N-ethyl adjacent to an activating group) is 1. The van der Waals surface area contributed by atoms with Crippen molar-refractivity contribution in [2.45, 2.75) is 23.8 Å². The molecule has 3 heterocycles. The Morgan fingerprint density at radius 2 is 1.95 bits per heavy atom. The second-order valence-corrected chi connectivity index (χ2v) is 11.6. The van der Waals surface area contributed by atoms with E-state index in [4.69, 9.17) is 9.47 Å². The van der Waals surface area contributed by atoms with E-state index in [0.717, 1.165) is 5.56 Å². The lowest BCUT2D eigenvalue weighted by atomic mass is 10.1. The molecule has 12 nitrogen and oxygen atoms in total. The molecule has 14 heteroatoms. The van der Waals surface area contributed by atoms with E-state index in [2.05, 4.69) is 20.6 Å². The van der Waals surface area contributed by atoms with Gasteiger partial charge in [-0.15, -0.1) is 0 Å². The Morgan fingerprint density at radius 3 is 2.69 bits per heavy atom. The molecule has 2 bridgehead atoms. The molecule has 1 aliphatic rings. The molecular formula is C28H34N6O6S2. The lowest BCUT2D eigenvalue weighted by Crippen LogP contribution is -2.46. The fourth-order valence-corrected chi connectivity index (χ4v) is 6.21. The number of ether oxygens (including phenoxy) is 2. The summed E-state index contributed by atoms with van der Waals surface area (Å²) < 4.78 is 39.7. The number of hydrogen-bond acceptors (Lipinski definition) is 10. The van der Waals surface area contributed by atoms with Gasteiger partial charge in [-0.2, -0.15) is 13.5 Å². The summed E-state index contributed by atoms with van der Waals surface area (Å²) in [4.78, 5) is 23.6. The number of aromatic nitrogens is 3. The van der Waals surface area contributed by atoms with Crippen molar-refractivity contribution in [3.63, 3.8) is 0 Å². The van der Waals surface area contributed by atoms with Crippen LogP contribution in [-0.2, 0) is 21.2 Å². The first-order chi connectivity index (χ1) is 19.8. The number of nitrogens with zero attached hydrogens (tertiary/aromatic N) is 4. The molecule has 5 rings (SSSR count). The highest BCUT2D eigenvalue weighted by Gasteiger charge is 2.25. The van der Waals surface area contributed by atoms with Gasteiger partial charge in [-0.05, 0) is 56.3 Å². The molecular weight excluding hydrogens is 580 g/mol. The smallest absolute Gasteiger partial charge is 0.269 e. The van der Waals surface area contributed by atoms with Crippen molar-refractivity contribution in [2.75, 3.05) is 45.8 Å². The molecule has 4 aromatic rings. The predicted molar refractivity (Wildman–Crippen MR) is 164 cm³/mol. The number of rotatable bonds is 4. The van der Waals surface area contributed by atoms with Gasteiger partial charge >= 0.3 is 0 Å². The quantitative estimate of drug-likeness (QED) is 0.313. The first kappa shape index (κ1) is 31.1. The number of benzene rings is 2. The number of methoxy groups -OCH3 is 1. The Morgan fingerprint density at radius 1 is 1.17 bits per heavy atom. The summed E-state index contributed by atoms with van der Waals surface area (Å²) in [5.74, 6) is 0.806. The third-order valence-electron chi connectivity index (χ3n) is 6.82. The van der Waals surface area contributed by atoms with Gasteiger partial charge in [0.1, 0.15) is 12.1 Å². The van der Waals surface area contributed by atoms with E-state index in [-0.39, 0.29) is 43.2 Å². The number of hydrogen-bond donors (Lipinski definition) is 3. The largest absolute Gasteiger partial charge is 0.493 e. The van der Waals surface area contributed by atoms with Crippen LogP contribution in [0.2, 0.25) is 0 Å². The van der Waals surface area contributed by atoms with Crippen LogP contribution in [-0.4, -0.2) is 84.8 Å². The number of nitrogens with one attached hydrogen (secondary N) is 2. The minimum Gasteiger partial charge on any atom is -0.493 e. The summed E-state index contributed by atoms with van der Waals surface area (Å²) in [5.41, 5.74) is 1.60. The fraction of sp³-hybridized carbons (Fsp3) is 0.321. The van der Waals surface area contributed by atoms with Gasteiger partial charge in [-0.1, -0.05) is 18.2 Å². The van der Waals surface area contributed by atoms with Crippen LogP contribution in [0, 0.1) is 0 Å². The lowest BCUT2D eigenvalue weighted by molar-refractivity contribution is -0.124. The zero-order valence-electron chi connectivity index (χ0n) is 23.3. The number of aliphatic hydroxyl groups is 1. The Hall–Kier alpha value is -3.85. The molecule has 1 amide bonds. The minimum atomic E-state index is -3.93. The first-order valence-corrected chi connectivity index (χ1v) is 14.6. The maximum Gasteiger partial charge on any atom is 0.269 e. The van der Waals surface area contributed by atoms with E-state index in [0.29, 0.717) is 54.3 Å². The van der Waals surface area contributed by atoms with Gasteiger partial charge in [0, 0.05) is 24.5 Å². The Kier molecular flexibility index (Phi) is 9.93. The topological polar surface area (TPSA) is 148 Å². The molecule has 1 unspecified atom stereocenters. The third-order valence-corrected chi connectivity index (χ3v) is 8.48. The van der Waals surface area contributed by atoms with Crippen LogP contribution in [0.25, 0.3) is 11.0 Å². The van der Waals surface area contributed by atoms with Crippen molar-refractivity contribution in [3.05, 3.63) is 66.6 Å². The summed E-state index contributed by atoms with van der Waals surface area (Å²) in [7, 11) is -0.536. The van der Waals surface area contributed by atoms with Crippen LogP contribution in [0.3, 0.4) is 0 Å². The van der Waals surface area contributed by atoms with Gasteiger partial charge in [0.05, 0.1) is 30.0 Å². The number of anilines is 2. The van der Waals surface area contributed by atoms with Crippen LogP contribution in [0.5, 0.6) is 11.5 Å². The number of amides is 1. The van der Waals surface area contributed by atoms with Crippen molar-refractivity contribution in [1.29, 1.82) is 0 Å². The molecule has 42 heavy (non-hydrogen) atoms. The van der Waals surface area contributed by atoms with Gasteiger partial charge < -0.3 is 30.1 Å². The van der Waals surface area contributed by atoms with Crippen molar-refractivity contribution in [1.82, 2.24) is 24.2 Å². The Balaban J connectivity index is 0.00000405. The third kappa shape index (κ3) is 6.62. The van der Waals surface area contributed by atoms with Crippen LogP contribution in [0.4, 0.5) is 11.5 Å². The van der Waals surface area contributed by atoms with E-state index in [1.165, 1.54) is 17.4 Å². The van der Waals surface area contributed by atoms with Crippen molar-refractivity contribution < 1.29 is 27.8 Å². The van der Waals surface area contributed by atoms with E-state index >= 15 is 0 Å². The molecule has 2 aromatic heterocycles. The first-order valence-electron chi connectivity index (χ1n) is 13.1. The van der Waals surface area contributed by atoms with Gasteiger partial charge in [0.25, 0.3) is 15.9 Å². The van der Waals surface area contributed by atoms with Crippen LogP contribution in [0.15, 0.2) is 66.0 Å². The predicted octanol–water partition coefficient (Wildman–Crippen LogP) is 2.27. The van der Waals surface area contributed by atoms with E-state index in [1.807, 2.05) is 11.9 Å². The normalized spacial score (nSPS) is 16.8. The molecule has 1 atom stereocenters. The lowest BCUT2D eigenvalue weighted by Gasteiger charge is -2.23. The zero-order chi connectivity index (χ0) is 29.0. The van der Waals surface area contributed by atoms with Crippen molar-refractivity contribution in [2.24, 2.45) is 0 Å². The molecule has 0 radical (unpaired) electrons. The molecule has 224 valence electrons. The van der Waals surface area contributed by atoms with E-state index < -0.39 is 16.1 Å². The second-order valence-electron chi connectivity index (χ2n) is 9.78. The molecule has 0 saturated heterocycles. The van der Waals surface area contributed by atoms with Crippen molar-refractivity contribution in [3.8, 4) is 11.5 Å². The summed E-state index contributed by atoms with van der Waals surface area (Å²) in [5, 5.41) is 16.5. The summed E-state index contributed by atoms with van der Waals surface area (Å²) in [6, 6.07) is 12.9. The average molecular weight is 615 g/mol. The van der Waals surface area contributed by atoms with Gasteiger partial charge in [0.15, 0.2) is 23.8 Å². The van der Waals surface area contributed by atoms with E-state index in [9.17, 15) is 18.3 Å². The molecule has 0 saturated carbocycles. The van der Waals surface area contributed by atoms with Gasteiger partial charge in [-0.25, -0.2) is 22.4 Å². The van der Waals surface area contributed by atoms with Gasteiger partial charge in [-0.3, -0.25) is 4.79 Å². The van der Waals surface area contributed by atoms with E-state index in [1.54, 1.807) is 54.7 Å². The second kappa shape index (κ2) is 13.4. The molecule has 2 aromatic carbocycles. The van der Waals surface area contributed by atoms with Gasteiger partial charge in [0.2, 0.25) is 0 Å². The highest BCUT2D eigenvalue weighted by atomic mass is 32.2. The maximum atomic E-state index is 13.7. The highest BCUT2D eigenvalue weighted by molar-refractivity contribution is 7.90. The van der Waals surface area contributed by atoms with Crippen molar-refractivity contribution >= 4 is 52.0 Å². The van der Waals surface area contributed by atoms with Crippen LogP contribution >= 0.6 is 13.5 Å². The van der Waals surface area contributed by atoms with Crippen LogP contribution in [0.1, 0.15) is 12.0 Å². The SMILES string of the molecule is COc1ccc2cc1OCC(=O)NC(CO)CN(C)CCCc1cn(S(=O)(=O)c3ccccc3)c3ncnc(c13)N2.S. The maximum absolute atomic E-state index is 13.7. The molecule has 0 spiro atoms. The fourth-order valence-electron chi connectivity index (χ4n) is 4.85. The number of aryl methyl sites for hydroxylation is 1. The standard InChI is InChI=1S/C28H32N6O6S.H2S/c1-33-12-6-7-19-14-34(41(37,38)22-8-4-3-5-9-22)28-26(19)27(29-18-30-28)32-20-10-11-23(39-2)24(13-20)40-17-25(36)31-21(15-33)16-35;/h3-5,8-11,13-14,18,21,35H,6-7,12,15-17H2,1-2H3,(H,31,36)(H,29,30,32);1H2. The molecule has 0 fully saturated rings. The number of fused-ring (bicyclic) bond motifs is 2.